The van der Waals surface area contributed by atoms with E-state index in [0.29, 0.717) is 36.9 Å². The molecule has 1 saturated carbocycles. The van der Waals surface area contributed by atoms with Crippen molar-refractivity contribution >= 4 is 11.6 Å². The number of hydrogen-bond donors (Lipinski definition) is 2. The molecular weight excluding hydrogens is 384 g/mol. The van der Waals surface area contributed by atoms with Crippen molar-refractivity contribution in [2.24, 2.45) is 11.7 Å². The van der Waals surface area contributed by atoms with Gasteiger partial charge in [0.15, 0.2) is 0 Å². The molecule has 0 bridgehead atoms. The van der Waals surface area contributed by atoms with Gasteiger partial charge in [0, 0.05) is 50.2 Å². The van der Waals surface area contributed by atoms with Crippen molar-refractivity contribution in [2.45, 2.75) is 18.9 Å². The van der Waals surface area contributed by atoms with Gasteiger partial charge < -0.3 is 25.3 Å². The zero-order chi connectivity index (χ0) is 21.1. The molecule has 0 spiro atoms. The van der Waals surface area contributed by atoms with Crippen molar-refractivity contribution in [1.82, 2.24) is 19.9 Å². The fraction of sp³-hybridized carbons (Fsp3) is 0.429. The number of anilines is 1. The Morgan fingerprint density at radius 1 is 1.43 bits per heavy atom. The molecule has 0 unspecified atom stereocenters. The lowest BCUT2D eigenvalue weighted by molar-refractivity contribution is -0.130. The molecule has 9 heteroatoms. The zero-order valence-electron chi connectivity index (χ0n) is 17.0. The van der Waals surface area contributed by atoms with E-state index in [1.807, 2.05) is 6.07 Å². The molecule has 1 amide bonds. The lowest BCUT2D eigenvalue weighted by atomic mass is 10.0. The van der Waals surface area contributed by atoms with E-state index in [0.717, 1.165) is 12.1 Å². The number of nitrogens with zero attached hydrogens (tertiary/aromatic N) is 4. The van der Waals surface area contributed by atoms with Crippen molar-refractivity contribution in [1.29, 1.82) is 0 Å². The SMILES string of the molecule is COc1nccc(-c2c[nH]c(=O)c(N(CC3CC3)C3CN(C(=O)/C=C/CN)C3)c2)n1. The van der Waals surface area contributed by atoms with Gasteiger partial charge in [-0.2, -0.15) is 4.98 Å². The number of H-pyrrole nitrogens is 1. The minimum absolute atomic E-state index is 0.0428. The van der Waals surface area contributed by atoms with Gasteiger partial charge in [0.2, 0.25) is 5.91 Å². The Morgan fingerprint density at radius 3 is 2.93 bits per heavy atom. The summed E-state index contributed by atoms with van der Waals surface area (Å²) in [7, 11) is 1.52. The highest BCUT2D eigenvalue weighted by Crippen LogP contribution is 2.33. The number of nitrogens with two attached hydrogens (primary N) is 1. The maximum absolute atomic E-state index is 12.7. The van der Waals surface area contributed by atoms with Crippen LogP contribution in [0.1, 0.15) is 12.8 Å². The summed E-state index contributed by atoms with van der Waals surface area (Å²) in [6.45, 7) is 2.33. The minimum Gasteiger partial charge on any atom is -0.467 e. The van der Waals surface area contributed by atoms with E-state index in [9.17, 15) is 9.59 Å². The van der Waals surface area contributed by atoms with Crippen molar-refractivity contribution in [2.75, 3.05) is 38.2 Å². The maximum Gasteiger partial charge on any atom is 0.316 e. The van der Waals surface area contributed by atoms with Gasteiger partial charge in [0.05, 0.1) is 18.8 Å². The van der Waals surface area contributed by atoms with E-state index >= 15 is 0 Å². The molecule has 1 aliphatic heterocycles. The molecule has 1 saturated heterocycles. The Kier molecular flexibility index (Phi) is 5.80. The first-order chi connectivity index (χ1) is 14.6. The third-order valence-corrected chi connectivity index (χ3v) is 5.47. The Balaban J connectivity index is 1.58. The van der Waals surface area contributed by atoms with E-state index in [1.165, 1.54) is 26.0 Å². The number of hydrogen-bond acceptors (Lipinski definition) is 7. The first-order valence-electron chi connectivity index (χ1n) is 10.1. The van der Waals surface area contributed by atoms with Gasteiger partial charge >= 0.3 is 6.01 Å². The number of aromatic nitrogens is 3. The monoisotopic (exact) mass is 410 g/mol. The number of aromatic amines is 1. The Morgan fingerprint density at radius 2 is 2.23 bits per heavy atom. The van der Waals surface area contributed by atoms with E-state index in [4.69, 9.17) is 10.5 Å². The number of pyridine rings is 1. The number of methoxy groups -OCH3 is 1. The van der Waals surface area contributed by atoms with Gasteiger partial charge in [-0.3, -0.25) is 9.59 Å². The largest absolute Gasteiger partial charge is 0.467 e. The van der Waals surface area contributed by atoms with Crippen molar-refractivity contribution in [3.63, 3.8) is 0 Å². The standard InChI is InChI=1S/C21H26N6O3/c1-30-21-23-8-6-17(25-21)15-9-18(20(29)24-10-15)27(11-14-4-5-14)16-12-26(13-16)19(28)3-2-7-22/h2-3,6,8-10,14,16H,4-5,7,11-13,22H2,1H3,(H,24,29)/b3-2+. The molecule has 3 N–H and O–H groups in total. The molecule has 2 aliphatic rings. The second kappa shape index (κ2) is 8.66. The third kappa shape index (κ3) is 4.35. The van der Waals surface area contributed by atoms with Crippen LogP contribution in [-0.2, 0) is 4.79 Å². The highest BCUT2D eigenvalue weighted by atomic mass is 16.5. The third-order valence-electron chi connectivity index (χ3n) is 5.47. The summed E-state index contributed by atoms with van der Waals surface area (Å²) in [5.74, 6) is 0.549. The van der Waals surface area contributed by atoms with Gasteiger partial charge in [-0.05, 0) is 30.9 Å². The van der Waals surface area contributed by atoms with Crippen LogP contribution in [-0.4, -0.2) is 65.1 Å². The van der Waals surface area contributed by atoms with Crippen LogP contribution in [0.4, 0.5) is 5.69 Å². The van der Waals surface area contributed by atoms with Gasteiger partial charge in [0.25, 0.3) is 5.56 Å². The van der Waals surface area contributed by atoms with Gasteiger partial charge in [-0.1, -0.05) is 6.08 Å². The summed E-state index contributed by atoms with van der Waals surface area (Å²) in [4.78, 5) is 40.0. The van der Waals surface area contributed by atoms with Gasteiger partial charge in [-0.15, -0.1) is 0 Å². The molecule has 3 heterocycles. The Hall–Kier alpha value is -3.20. The van der Waals surface area contributed by atoms with E-state index < -0.39 is 0 Å². The zero-order valence-corrected chi connectivity index (χ0v) is 17.0. The average Bonchev–Trinajstić information content (AvgIpc) is 3.55. The molecule has 9 nitrogen and oxygen atoms in total. The molecule has 2 aromatic rings. The topological polar surface area (TPSA) is 117 Å². The first kappa shape index (κ1) is 20.1. The van der Waals surface area contributed by atoms with Crippen molar-refractivity contribution in [3.8, 4) is 17.3 Å². The average molecular weight is 410 g/mol. The number of carbonyl (C=O) groups excluding carboxylic acids is 1. The second-order valence-electron chi connectivity index (χ2n) is 7.66. The highest BCUT2D eigenvalue weighted by molar-refractivity contribution is 5.88. The van der Waals surface area contributed by atoms with Crippen LogP contribution in [0.3, 0.4) is 0 Å². The number of carbonyl (C=O) groups is 1. The van der Waals surface area contributed by atoms with E-state index in [2.05, 4.69) is 19.9 Å². The quantitative estimate of drug-likeness (QED) is 0.618. The molecule has 1 aliphatic carbocycles. The van der Waals surface area contributed by atoms with Gasteiger partial charge in [0.1, 0.15) is 5.69 Å². The Bertz CT molecular complexity index is 994. The summed E-state index contributed by atoms with van der Waals surface area (Å²) in [6, 6.07) is 4.02. The highest BCUT2D eigenvalue weighted by Gasteiger charge is 2.37. The number of ether oxygens (including phenoxy) is 1. The number of rotatable bonds is 8. The molecular formula is C21H26N6O3. The normalized spacial score (nSPS) is 16.5. The number of nitrogens with one attached hydrogen (secondary N) is 1. The van der Waals surface area contributed by atoms with Crippen molar-refractivity contribution in [3.05, 3.63) is 47.0 Å². The lowest BCUT2D eigenvalue weighted by Gasteiger charge is -2.46. The molecule has 158 valence electrons. The summed E-state index contributed by atoms with van der Waals surface area (Å²) < 4.78 is 5.11. The number of likely N-dealkylation sites (tertiary alicyclic amines) is 1. The van der Waals surface area contributed by atoms with Crippen LogP contribution in [0, 0.1) is 5.92 Å². The van der Waals surface area contributed by atoms with E-state index in [1.54, 1.807) is 29.4 Å². The molecule has 0 radical (unpaired) electrons. The fourth-order valence-electron chi connectivity index (χ4n) is 3.56. The summed E-state index contributed by atoms with van der Waals surface area (Å²) in [6.07, 6.45) is 8.78. The molecule has 2 fully saturated rings. The van der Waals surface area contributed by atoms with Crippen LogP contribution >= 0.6 is 0 Å². The van der Waals surface area contributed by atoms with Crippen LogP contribution in [0.15, 0.2) is 41.5 Å². The lowest BCUT2D eigenvalue weighted by Crippen LogP contribution is -2.62. The van der Waals surface area contributed by atoms with Crippen LogP contribution in [0.2, 0.25) is 0 Å². The molecule has 0 aromatic carbocycles. The molecule has 4 rings (SSSR count). The second-order valence-corrected chi connectivity index (χ2v) is 7.66. The van der Waals surface area contributed by atoms with Crippen LogP contribution < -0.4 is 20.9 Å². The molecule has 30 heavy (non-hydrogen) atoms. The minimum atomic E-state index is -0.145. The fourth-order valence-corrected chi connectivity index (χ4v) is 3.56. The Labute approximate surface area is 174 Å². The summed E-state index contributed by atoms with van der Waals surface area (Å²) in [5, 5.41) is 0. The first-order valence-corrected chi connectivity index (χ1v) is 10.1. The predicted octanol–water partition coefficient (Wildman–Crippen LogP) is 0.783. The van der Waals surface area contributed by atoms with Crippen molar-refractivity contribution < 1.29 is 9.53 Å². The summed E-state index contributed by atoms with van der Waals surface area (Å²) >= 11 is 0. The predicted molar refractivity (Wildman–Crippen MR) is 113 cm³/mol. The summed E-state index contributed by atoms with van der Waals surface area (Å²) in [5.41, 5.74) is 7.34. The van der Waals surface area contributed by atoms with Crippen LogP contribution in [0.5, 0.6) is 6.01 Å². The van der Waals surface area contributed by atoms with Crippen LogP contribution in [0.25, 0.3) is 11.3 Å². The smallest absolute Gasteiger partial charge is 0.316 e. The van der Waals surface area contributed by atoms with Gasteiger partial charge in [-0.25, -0.2) is 4.98 Å². The molecule has 2 aromatic heterocycles. The van der Waals surface area contributed by atoms with E-state index in [-0.39, 0.29) is 23.5 Å². The number of amides is 1. The molecule has 0 atom stereocenters. The maximum atomic E-state index is 12.7.